The van der Waals surface area contributed by atoms with Crippen LogP contribution in [0.25, 0.3) is 0 Å². The van der Waals surface area contributed by atoms with Gasteiger partial charge in [0.05, 0.1) is 17.2 Å². The summed E-state index contributed by atoms with van der Waals surface area (Å²) in [4.78, 5) is 25.8. The number of rotatable bonds is 5. The number of carbonyl (C=O) groups is 1. The summed E-state index contributed by atoms with van der Waals surface area (Å²) < 4.78 is 0. The van der Waals surface area contributed by atoms with Gasteiger partial charge in [0.25, 0.3) is 0 Å². The standard InChI is InChI=1S/C18H25N5OS2/c1-12-13(2)26-16(22-12)4-7-20-18(19-3)21-10-17(24)23-8-5-15-14(11-23)6-9-25-15/h6,9H,4-5,7-8,10-11H2,1-3H3,(H2,19,20,21). The number of nitrogens with zero attached hydrogens (tertiary/aromatic N) is 3. The smallest absolute Gasteiger partial charge is 0.242 e. The van der Waals surface area contributed by atoms with Gasteiger partial charge in [-0.1, -0.05) is 0 Å². The van der Waals surface area contributed by atoms with Crippen LogP contribution < -0.4 is 10.6 Å². The Morgan fingerprint density at radius 2 is 2.23 bits per heavy atom. The number of thiophene rings is 1. The van der Waals surface area contributed by atoms with E-state index in [0.717, 1.165) is 36.6 Å². The quantitative estimate of drug-likeness (QED) is 0.605. The molecule has 1 amide bonds. The van der Waals surface area contributed by atoms with Gasteiger partial charge in [0.2, 0.25) is 5.91 Å². The normalized spacial score (nSPS) is 14.3. The summed E-state index contributed by atoms with van der Waals surface area (Å²) in [5.74, 6) is 0.757. The Morgan fingerprint density at radius 1 is 1.38 bits per heavy atom. The fourth-order valence-corrected chi connectivity index (χ4v) is 4.71. The van der Waals surface area contributed by atoms with Crippen molar-refractivity contribution in [3.8, 4) is 0 Å². The molecule has 140 valence electrons. The zero-order valence-corrected chi connectivity index (χ0v) is 17.1. The first-order valence-corrected chi connectivity index (χ1v) is 10.5. The Bertz CT molecular complexity index is 776. The van der Waals surface area contributed by atoms with Gasteiger partial charge >= 0.3 is 0 Å². The molecule has 2 N–H and O–H groups in total. The first kappa shape index (κ1) is 18.8. The topological polar surface area (TPSA) is 69.6 Å². The Balaban J connectivity index is 1.41. The highest BCUT2D eigenvalue weighted by Gasteiger charge is 2.21. The van der Waals surface area contributed by atoms with Crippen molar-refractivity contribution in [2.24, 2.45) is 4.99 Å². The van der Waals surface area contributed by atoms with Crippen LogP contribution in [0.1, 0.15) is 26.0 Å². The van der Waals surface area contributed by atoms with Crippen LogP contribution in [0.2, 0.25) is 0 Å². The lowest BCUT2D eigenvalue weighted by molar-refractivity contribution is -0.130. The number of thiazole rings is 1. The fourth-order valence-electron chi connectivity index (χ4n) is 2.89. The molecule has 3 heterocycles. The molecule has 0 atom stereocenters. The van der Waals surface area contributed by atoms with Gasteiger partial charge in [-0.05, 0) is 37.3 Å². The van der Waals surface area contributed by atoms with Crippen LogP contribution in [0, 0.1) is 13.8 Å². The first-order valence-electron chi connectivity index (χ1n) is 8.77. The van der Waals surface area contributed by atoms with Crippen LogP contribution in [0.4, 0.5) is 0 Å². The molecule has 0 fully saturated rings. The zero-order valence-electron chi connectivity index (χ0n) is 15.5. The number of guanidine groups is 1. The number of hydrogen-bond acceptors (Lipinski definition) is 5. The fraction of sp³-hybridized carbons (Fsp3) is 0.500. The largest absolute Gasteiger partial charge is 0.356 e. The minimum absolute atomic E-state index is 0.107. The van der Waals surface area contributed by atoms with Crippen LogP contribution >= 0.6 is 22.7 Å². The molecule has 3 rings (SSSR count). The van der Waals surface area contributed by atoms with E-state index < -0.39 is 0 Å². The molecule has 0 aromatic carbocycles. The summed E-state index contributed by atoms with van der Waals surface area (Å²) in [6, 6.07) is 2.12. The highest BCUT2D eigenvalue weighted by molar-refractivity contribution is 7.11. The summed E-state index contributed by atoms with van der Waals surface area (Å²) in [6.07, 6.45) is 1.80. The van der Waals surface area contributed by atoms with Crippen molar-refractivity contribution < 1.29 is 4.79 Å². The third-order valence-corrected chi connectivity index (χ3v) is 6.65. The van der Waals surface area contributed by atoms with Crippen LogP contribution in [-0.2, 0) is 24.2 Å². The number of nitrogens with one attached hydrogen (secondary N) is 2. The molecule has 0 saturated carbocycles. The maximum absolute atomic E-state index is 12.5. The van der Waals surface area contributed by atoms with E-state index in [0.29, 0.717) is 12.5 Å². The minimum atomic E-state index is 0.107. The Morgan fingerprint density at radius 3 is 2.96 bits per heavy atom. The Kier molecular flexibility index (Phi) is 6.26. The third-order valence-electron chi connectivity index (χ3n) is 4.50. The second kappa shape index (κ2) is 8.64. The van der Waals surface area contributed by atoms with E-state index in [9.17, 15) is 4.79 Å². The zero-order chi connectivity index (χ0) is 18.5. The maximum atomic E-state index is 12.5. The van der Waals surface area contributed by atoms with E-state index >= 15 is 0 Å². The van der Waals surface area contributed by atoms with Crippen molar-refractivity contribution in [1.82, 2.24) is 20.5 Å². The highest BCUT2D eigenvalue weighted by Crippen LogP contribution is 2.23. The van der Waals surface area contributed by atoms with Gasteiger partial charge in [0.15, 0.2) is 5.96 Å². The summed E-state index contributed by atoms with van der Waals surface area (Å²) >= 11 is 3.52. The molecule has 0 spiro atoms. The lowest BCUT2D eigenvalue weighted by atomic mass is 10.1. The van der Waals surface area contributed by atoms with Crippen molar-refractivity contribution in [2.45, 2.75) is 33.2 Å². The van der Waals surface area contributed by atoms with Crippen molar-refractivity contribution in [1.29, 1.82) is 0 Å². The molecule has 0 bridgehead atoms. The maximum Gasteiger partial charge on any atom is 0.242 e. The van der Waals surface area contributed by atoms with Gasteiger partial charge < -0.3 is 15.5 Å². The summed E-state index contributed by atoms with van der Waals surface area (Å²) in [5, 5.41) is 9.60. The molecular weight excluding hydrogens is 366 g/mol. The number of aromatic nitrogens is 1. The molecule has 26 heavy (non-hydrogen) atoms. The molecular formula is C18H25N5OS2. The van der Waals surface area contributed by atoms with Crippen molar-refractivity contribution in [2.75, 3.05) is 26.7 Å². The van der Waals surface area contributed by atoms with E-state index in [2.05, 4.69) is 39.0 Å². The molecule has 8 heteroatoms. The SMILES string of the molecule is CN=C(NCCc1nc(C)c(C)s1)NCC(=O)N1CCc2sccc2C1. The Hall–Kier alpha value is -1.93. The van der Waals surface area contributed by atoms with E-state index in [-0.39, 0.29) is 12.5 Å². The van der Waals surface area contributed by atoms with E-state index in [1.807, 2.05) is 11.8 Å². The van der Waals surface area contributed by atoms with Crippen LogP contribution in [-0.4, -0.2) is 48.4 Å². The third kappa shape index (κ3) is 4.62. The molecule has 0 aliphatic carbocycles. The summed E-state index contributed by atoms with van der Waals surface area (Å²) in [6.45, 7) is 6.64. The van der Waals surface area contributed by atoms with Gasteiger partial charge in [-0.2, -0.15) is 0 Å². The number of hydrogen-bond donors (Lipinski definition) is 2. The number of amides is 1. The predicted octanol–water partition coefficient (Wildman–Crippen LogP) is 2.11. The van der Waals surface area contributed by atoms with E-state index in [1.165, 1.54) is 15.3 Å². The van der Waals surface area contributed by atoms with Crippen LogP contribution in [0.3, 0.4) is 0 Å². The monoisotopic (exact) mass is 391 g/mol. The second-order valence-corrected chi connectivity index (χ2v) is 8.57. The number of aryl methyl sites for hydroxylation is 2. The lowest BCUT2D eigenvalue weighted by Gasteiger charge is -2.27. The molecule has 2 aromatic heterocycles. The van der Waals surface area contributed by atoms with Gasteiger partial charge in [-0.15, -0.1) is 22.7 Å². The lowest BCUT2D eigenvalue weighted by Crippen LogP contribution is -2.46. The van der Waals surface area contributed by atoms with Crippen molar-refractivity contribution in [3.63, 3.8) is 0 Å². The minimum Gasteiger partial charge on any atom is -0.356 e. The Labute approximate surface area is 162 Å². The highest BCUT2D eigenvalue weighted by atomic mass is 32.1. The average molecular weight is 392 g/mol. The first-order chi connectivity index (χ1) is 12.6. The molecule has 2 aromatic rings. The summed E-state index contributed by atoms with van der Waals surface area (Å²) in [7, 11) is 1.72. The van der Waals surface area contributed by atoms with Gasteiger partial charge in [0.1, 0.15) is 0 Å². The van der Waals surface area contributed by atoms with E-state index in [4.69, 9.17) is 0 Å². The number of fused-ring (bicyclic) bond motifs is 1. The molecule has 1 aliphatic rings. The number of carbonyl (C=O) groups excluding carboxylic acids is 1. The predicted molar refractivity (Wildman–Crippen MR) is 108 cm³/mol. The van der Waals surface area contributed by atoms with Crippen molar-refractivity contribution >= 4 is 34.5 Å². The molecule has 1 aliphatic heterocycles. The van der Waals surface area contributed by atoms with Crippen LogP contribution in [0.15, 0.2) is 16.4 Å². The van der Waals surface area contributed by atoms with E-state index in [1.54, 1.807) is 29.7 Å². The van der Waals surface area contributed by atoms with Gasteiger partial charge in [0, 0.05) is 42.9 Å². The second-order valence-electron chi connectivity index (χ2n) is 6.29. The number of aliphatic imine (C=N–C) groups is 1. The molecule has 0 saturated heterocycles. The van der Waals surface area contributed by atoms with Gasteiger partial charge in [-0.25, -0.2) is 4.98 Å². The molecule has 0 radical (unpaired) electrons. The molecule has 6 nitrogen and oxygen atoms in total. The molecule has 0 unspecified atom stereocenters. The van der Waals surface area contributed by atoms with Crippen LogP contribution in [0.5, 0.6) is 0 Å². The van der Waals surface area contributed by atoms with Crippen molar-refractivity contribution in [3.05, 3.63) is 37.5 Å². The van der Waals surface area contributed by atoms with Gasteiger partial charge in [-0.3, -0.25) is 9.79 Å². The average Bonchev–Trinajstić information content (AvgIpc) is 3.23. The summed E-state index contributed by atoms with van der Waals surface area (Å²) in [5.41, 5.74) is 2.39.